The number of ether oxygens (including phenoxy) is 1. The van der Waals surface area contributed by atoms with Gasteiger partial charge in [0.25, 0.3) is 0 Å². The molecule has 84 valence electrons. The van der Waals surface area contributed by atoms with E-state index in [0.29, 0.717) is 17.9 Å². The number of rotatable bonds is 1. The van der Waals surface area contributed by atoms with Crippen molar-refractivity contribution in [3.8, 4) is 5.75 Å². The van der Waals surface area contributed by atoms with Gasteiger partial charge in [-0.2, -0.15) is 0 Å². The SMILES string of the molecule is O=C1/C(=C/C2C=CC=C2)COc2ccccc21. The van der Waals surface area contributed by atoms with Crippen LogP contribution in [-0.4, -0.2) is 12.4 Å². The highest BCUT2D eigenvalue weighted by molar-refractivity contribution is 6.11. The predicted octanol–water partition coefficient (Wildman–Crippen LogP) is 2.93. The van der Waals surface area contributed by atoms with Crippen molar-refractivity contribution >= 4 is 5.78 Å². The van der Waals surface area contributed by atoms with E-state index in [1.165, 1.54) is 0 Å². The van der Waals surface area contributed by atoms with Gasteiger partial charge in [0.1, 0.15) is 12.4 Å². The van der Waals surface area contributed by atoms with Gasteiger partial charge in [0.05, 0.1) is 5.56 Å². The lowest BCUT2D eigenvalue weighted by molar-refractivity contribution is 0.0998. The average Bonchev–Trinajstić information content (AvgIpc) is 2.86. The van der Waals surface area contributed by atoms with Crippen LogP contribution in [0.1, 0.15) is 10.4 Å². The molecule has 0 saturated carbocycles. The van der Waals surface area contributed by atoms with E-state index in [1.807, 2.05) is 42.5 Å². The first-order chi connectivity index (χ1) is 8.34. The van der Waals surface area contributed by atoms with Crippen LogP contribution in [-0.2, 0) is 0 Å². The van der Waals surface area contributed by atoms with Crippen LogP contribution < -0.4 is 4.74 Å². The second-order valence-corrected chi connectivity index (χ2v) is 4.15. The maximum Gasteiger partial charge on any atom is 0.195 e. The number of carbonyl (C=O) groups excluding carboxylic acids is 1. The molecule has 1 aromatic rings. The Kier molecular flexibility index (Phi) is 2.41. The van der Waals surface area contributed by atoms with E-state index in [2.05, 4.69) is 12.2 Å². The maximum absolute atomic E-state index is 12.2. The lowest BCUT2D eigenvalue weighted by Gasteiger charge is -2.19. The Morgan fingerprint density at radius 3 is 2.76 bits per heavy atom. The monoisotopic (exact) mass is 224 g/mol. The largest absolute Gasteiger partial charge is 0.488 e. The molecule has 17 heavy (non-hydrogen) atoms. The highest BCUT2D eigenvalue weighted by Crippen LogP contribution is 2.27. The number of allylic oxidation sites excluding steroid dienone is 5. The van der Waals surface area contributed by atoms with Crippen LogP contribution in [0.5, 0.6) is 5.75 Å². The number of hydrogen-bond donors (Lipinski definition) is 0. The van der Waals surface area contributed by atoms with E-state index in [4.69, 9.17) is 4.74 Å². The lowest BCUT2D eigenvalue weighted by atomic mass is 9.97. The van der Waals surface area contributed by atoms with Gasteiger partial charge in [-0.1, -0.05) is 42.5 Å². The number of fused-ring (bicyclic) bond motifs is 1. The van der Waals surface area contributed by atoms with Crippen LogP contribution in [0.3, 0.4) is 0 Å². The molecule has 2 aliphatic rings. The van der Waals surface area contributed by atoms with E-state index >= 15 is 0 Å². The summed E-state index contributed by atoms with van der Waals surface area (Å²) < 4.78 is 5.58. The van der Waals surface area contributed by atoms with Crippen molar-refractivity contribution in [3.63, 3.8) is 0 Å². The Bertz CT molecular complexity index is 538. The summed E-state index contributed by atoms with van der Waals surface area (Å²) in [5, 5.41) is 0. The van der Waals surface area contributed by atoms with Crippen LogP contribution in [0.4, 0.5) is 0 Å². The molecule has 0 spiro atoms. The van der Waals surface area contributed by atoms with Gasteiger partial charge in [0, 0.05) is 11.5 Å². The zero-order valence-corrected chi connectivity index (χ0v) is 9.30. The molecule has 0 unspecified atom stereocenters. The van der Waals surface area contributed by atoms with E-state index in [-0.39, 0.29) is 11.7 Å². The third kappa shape index (κ3) is 1.82. The van der Waals surface area contributed by atoms with Crippen LogP contribution in [0, 0.1) is 5.92 Å². The van der Waals surface area contributed by atoms with Crippen LogP contribution in [0.25, 0.3) is 0 Å². The van der Waals surface area contributed by atoms with Crippen molar-refractivity contribution in [3.05, 3.63) is 65.8 Å². The predicted molar refractivity (Wildman–Crippen MR) is 66.1 cm³/mol. The summed E-state index contributed by atoms with van der Waals surface area (Å²) in [6.07, 6.45) is 10.1. The number of para-hydroxylation sites is 1. The van der Waals surface area contributed by atoms with Gasteiger partial charge in [-0.15, -0.1) is 0 Å². The van der Waals surface area contributed by atoms with E-state index in [0.717, 1.165) is 5.57 Å². The summed E-state index contributed by atoms with van der Waals surface area (Å²) >= 11 is 0. The Hall–Kier alpha value is -2.09. The molecule has 0 atom stereocenters. The van der Waals surface area contributed by atoms with Crippen molar-refractivity contribution in [2.24, 2.45) is 5.92 Å². The highest BCUT2D eigenvalue weighted by Gasteiger charge is 2.23. The van der Waals surface area contributed by atoms with Gasteiger partial charge < -0.3 is 4.74 Å². The number of carbonyl (C=O) groups is 1. The zero-order chi connectivity index (χ0) is 11.7. The molecule has 2 heteroatoms. The van der Waals surface area contributed by atoms with Crippen LogP contribution in [0.15, 0.2) is 60.2 Å². The molecule has 1 aliphatic heterocycles. The molecule has 1 aliphatic carbocycles. The standard InChI is InChI=1S/C15H12O2/c16-15-12(9-11-5-1-2-6-11)10-17-14-8-4-3-7-13(14)15/h1-9,11H,10H2/b12-9+. The summed E-state index contributed by atoms with van der Waals surface area (Å²) in [6, 6.07) is 7.38. The normalized spacial score (nSPS) is 20.7. The number of Topliss-reactive ketones (excluding diaryl/α,β-unsaturated/α-hetero) is 1. The molecular weight excluding hydrogens is 212 g/mol. The fourth-order valence-corrected chi connectivity index (χ4v) is 2.09. The Labute approximate surface area is 99.9 Å². The zero-order valence-electron chi connectivity index (χ0n) is 9.30. The highest BCUT2D eigenvalue weighted by atomic mass is 16.5. The molecule has 2 nitrogen and oxygen atoms in total. The molecule has 0 bridgehead atoms. The smallest absolute Gasteiger partial charge is 0.195 e. The fourth-order valence-electron chi connectivity index (χ4n) is 2.09. The molecule has 1 heterocycles. The first kappa shape index (κ1) is 10.1. The summed E-state index contributed by atoms with van der Waals surface area (Å²) in [5.74, 6) is 0.996. The number of hydrogen-bond acceptors (Lipinski definition) is 2. The topological polar surface area (TPSA) is 26.3 Å². The summed E-state index contributed by atoms with van der Waals surface area (Å²) in [6.45, 7) is 0.369. The van der Waals surface area contributed by atoms with Crippen molar-refractivity contribution in [1.29, 1.82) is 0 Å². The quantitative estimate of drug-likeness (QED) is 0.685. The molecule has 0 fully saturated rings. The van der Waals surface area contributed by atoms with Crippen LogP contribution >= 0.6 is 0 Å². The van der Waals surface area contributed by atoms with E-state index in [1.54, 1.807) is 0 Å². The van der Waals surface area contributed by atoms with Crippen molar-refractivity contribution in [2.45, 2.75) is 0 Å². The van der Waals surface area contributed by atoms with Crippen molar-refractivity contribution in [1.82, 2.24) is 0 Å². The molecule has 0 radical (unpaired) electrons. The van der Waals surface area contributed by atoms with Crippen molar-refractivity contribution < 1.29 is 9.53 Å². The van der Waals surface area contributed by atoms with Gasteiger partial charge in [0.15, 0.2) is 5.78 Å². The molecule has 0 aromatic heterocycles. The van der Waals surface area contributed by atoms with Gasteiger partial charge in [-0.05, 0) is 12.1 Å². The fraction of sp³-hybridized carbons (Fsp3) is 0.133. The minimum absolute atomic E-state index is 0.0838. The maximum atomic E-state index is 12.2. The van der Waals surface area contributed by atoms with Crippen molar-refractivity contribution in [2.75, 3.05) is 6.61 Å². The first-order valence-electron chi connectivity index (χ1n) is 5.67. The Morgan fingerprint density at radius 2 is 1.94 bits per heavy atom. The molecular formula is C15H12O2. The second kappa shape index (κ2) is 4.06. The molecule has 0 amide bonds. The summed E-state index contributed by atoms with van der Waals surface area (Å²) in [5.41, 5.74) is 1.40. The van der Waals surface area contributed by atoms with Gasteiger partial charge >= 0.3 is 0 Å². The third-order valence-corrected chi connectivity index (χ3v) is 2.98. The van der Waals surface area contributed by atoms with Gasteiger partial charge in [0.2, 0.25) is 0 Å². The van der Waals surface area contributed by atoms with Gasteiger partial charge in [-0.25, -0.2) is 0 Å². The first-order valence-corrected chi connectivity index (χ1v) is 5.67. The Balaban J connectivity index is 1.94. The Morgan fingerprint density at radius 1 is 1.18 bits per heavy atom. The molecule has 3 rings (SSSR count). The summed E-state index contributed by atoms with van der Waals surface area (Å²) in [7, 11) is 0. The minimum Gasteiger partial charge on any atom is -0.488 e. The third-order valence-electron chi connectivity index (χ3n) is 2.98. The lowest BCUT2D eigenvalue weighted by Crippen LogP contribution is -2.19. The minimum atomic E-state index is 0.0838. The number of ketones is 1. The number of benzene rings is 1. The average molecular weight is 224 g/mol. The molecule has 0 N–H and O–H groups in total. The summed E-state index contributed by atoms with van der Waals surface area (Å²) in [4.78, 5) is 12.2. The van der Waals surface area contributed by atoms with E-state index < -0.39 is 0 Å². The second-order valence-electron chi connectivity index (χ2n) is 4.15. The van der Waals surface area contributed by atoms with E-state index in [9.17, 15) is 4.79 Å². The molecule has 0 saturated heterocycles. The molecule has 1 aromatic carbocycles. The van der Waals surface area contributed by atoms with Crippen LogP contribution in [0.2, 0.25) is 0 Å². The van der Waals surface area contributed by atoms with Gasteiger partial charge in [-0.3, -0.25) is 4.79 Å².